The Morgan fingerprint density at radius 1 is 0.818 bits per heavy atom. The van der Waals surface area contributed by atoms with Crippen LogP contribution in [0.3, 0.4) is 0 Å². The van der Waals surface area contributed by atoms with E-state index in [1.165, 1.54) is 0 Å². The number of benzene rings is 4. The largest absolute Gasteiger partial charge is 0.508 e. The average molecular weight is 592 g/mol. The van der Waals surface area contributed by atoms with Crippen LogP contribution in [0.5, 0.6) is 5.75 Å². The zero-order valence-electron chi connectivity index (χ0n) is 24.8. The molecule has 8 nitrogen and oxygen atoms in total. The fourth-order valence-electron chi connectivity index (χ4n) is 5.17. The summed E-state index contributed by atoms with van der Waals surface area (Å²) < 4.78 is 5.68. The van der Waals surface area contributed by atoms with Gasteiger partial charge in [0, 0.05) is 30.9 Å². The van der Waals surface area contributed by atoms with Gasteiger partial charge in [-0.2, -0.15) is 0 Å². The van der Waals surface area contributed by atoms with E-state index in [9.17, 15) is 14.7 Å². The summed E-state index contributed by atoms with van der Waals surface area (Å²) in [6.45, 7) is 2.91. The molecule has 1 fully saturated rings. The number of ether oxygens (including phenoxy) is 1. The minimum absolute atomic E-state index is 0.0301. The van der Waals surface area contributed by atoms with Gasteiger partial charge >= 0.3 is 6.09 Å². The molecule has 5 rings (SSSR count). The summed E-state index contributed by atoms with van der Waals surface area (Å²) in [5.74, 6) is 0.0513. The first-order chi connectivity index (χ1) is 21.6. The lowest BCUT2D eigenvalue weighted by Crippen LogP contribution is -2.49. The Hall–Kier alpha value is -4.66. The van der Waals surface area contributed by atoms with E-state index in [0.717, 1.165) is 53.7 Å². The average Bonchev–Trinajstić information content (AvgIpc) is 3.06. The lowest BCUT2D eigenvalue weighted by Gasteiger charge is -2.37. The van der Waals surface area contributed by atoms with Crippen molar-refractivity contribution >= 4 is 23.4 Å². The number of carbonyl (C=O) groups excluding carboxylic acids is 2. The summed E-state index contributed by atoms with van der Waals surface area (Å²) in [4.78, 5) is 26.2. The fourth-order valence-corrected chi connectivity index (χ4v) is 5.17. The first kappa shape index (κ1) is 30.8. The summed E-state index contributed by atoms with van der Waals surface area (Å²) in [7, 11) is 0. The van der Waals surface area contributed by atoms with Crippen molar-refractivity contribution in [1.29, 1.82) is 0 Å². The number of hydrogen-bond acceptors (Lipinski definition) is 6. The predicted molar refractivity (Wildman–Crippen MR) is 174 cm³/mol. The van der Waals surface area contributed by atoms with Crippen molar-refractivity contribution in [3.05, 3.63) is 121 Å². The topological polar surface area (TPSA) is 94.1 Å². The monoisotopic (exact) mass is 591 g/mol. The van der Waals surface area contributed by atoms with Crippen LogP contribution in [0.25, 0.3) is 11.1 Å². The van der Waals surface area contributed by atoms with Gasteiger partial charge in [0.25, 0.3) is 0 Å². The minimum Gasteiger partial charge on any atom is -0.508 e. The SMILES string of the molecule is O=C(CCOC(=O)N(c1ccccc1-c1ccccc1)N1CC[CH]CC1)Nc1ccc(CNCCc2ccc(O)cc2)cc1. The minimum atomic E-state index is -0.495. The summed E-state index contributed by atoms with van der Waals surface area (Å²) in [6.07, 6.45) is 4.42. The molecule has 1 aliphatic rings. The normalized spacial score (nSPS) is 13.3. The zero-order chi connectivity index (χ0) is 30.6. The number of phenolic OH excluding ortho intramolecular Hbond substituents is 1. The van der Waals surface area contributed by atoms with Gasteiger partial charge < -0.3 is 20.5 Å². The van der Waals surface area contributed by atoms with Crippen molar-refractivity contribution in [2.45, 2.75) is 32.2 Å². The molecular weight excluding hydrogens is 552 g/mol. The van der Waals surface area contributed by atoms with Crippen molar-refractivity contribution in [2.75, 3.05) is 36.6 Å². The Balaban J connectivity index is 1.11. The van der Waals surface area contributed by atoms with Gasteiger partial charge in [0.15, 0.2) is 0 Å². The first-order valence-corrected chi connectivity index (χ1v) is 15.1. The smallest absolute Gasteiger partial charge is 0.429 e. The molecule has 1 saturated heterocycles. The standard InChI is InChI=1S/C36H39N4O4/c41-32-19-15-28(16-20-32)21-23-37-27-29-13-17-31(18-14-29)38-35(42)22-26-44-36(43)40(39-24-7-2-8-25-39)34-12-6-5-11-33(34)30-9-3-1-4-10-30/h1-6,9-20,37,41H,7-8,21-27H2,(H,38,42). The third-order valence-electron chi connectivity index (χ3n) is 7.50. The number of hydrogen-bond donors (Lipinski definition) is 3. The Bertz CT molecular complexity index is 1490. The molecule has 0 aromatic heterocycles. The molecule has 4 aromatic rings. The molecule has 1 radical (unpaired) electrons. The highest BCUT2D eigenvalue weighted by Crippen LogP contribution is 2.33. The van der Waals surface area contributed by atoms with Crippen LogP contribution in [0.1, 0.15) is 30.4 Å². The van der Waals surface area contributed by atoms with Crippen molar-refractivity contribution in [2.24, 2.45) is 0 Å². The van der Waals surface area contributed by atoms with Crippen LogP contribution in [0.2, 0.25) is 0 Å². The van der Waals surface area contributed by atoms with E-state index in [2.05, 4.69) is 17.1 Å². The van der Waals surface area contributed by atoms with Gasteiger partial charge in [0.1, 0.15) is 12.4 Å². The highest BCUT2D eigenvalue weighted by atomic mass is 16.6. The highest BCUT2D eigenvalue weighted by molar-refractivity contribution is 5.94. The quantitative estimate of drug-likeness (QED) is 0.161. The Morgan fingerprint density at radius 3 is 2.25 bits per heavy atom. The molecule has 0 saturated carbocycles. The summed E-state index contributed by atoms with van der Waals surface area (Å²) in [5, 5.41) is 19.4. The van der Waals surface area contributed by atoms with Gasteiger partial charge in [-0.25, -0.2) is 14.8 Å². The number of anilines is 2. The maximum Gasteiger partial charge on any atom is 0.429 e. The van der Waals surface area contributed by atoms with E-state index in [-0.39, 0.29) is 24.7 Å². The van der Waals surface area contributed by atoms with Crippen molar-refractivity contribution in [3.8, 4) is 16.9 Å². The van der Waals surface area contributed by atoms with Crippen LogP contribution in [0.15, 0.2) is 103 Å². The summed E-state index contributed by atoms with van der Waals surface area (Å²) >= 11 is 0. The molecule has 0 atom stereocenters. The molecule has 4 aromatic carbocycles. The molecule has 8 heteroatoms. The second-order valence-electron chi connectivity index (χ2n) is 10.7. The number of para-hydroxylation sites is 1. The maximum absolute atomic E-state index is 13.5. The van der Waals surface area contributed by atoms with Crippen molar-refractivity contribution in [1.82, 2.24) is 10.3 Å². The van der Waals surface area contributed by atoms with Crippen LogP contribution >= 0.6 is 0 Å². The molecule has 0 aliphatic carbocycles. The summed E-state index contributed by atoms with van der Waals surface area (Å²) in [5.41, 5.74) is 5.66. The number of nitrogens with one attached hydrogen (secondary N) is 2. The molecule has 44 heavy (non-hydrogen) atoms. The van der Waals surface area contributed by atoms with Crippen LogP contribution < -0.4 is 15.6 Å². The lowest BCUT2D eigenvalue weighted by atomic mass is 10.0. The third kappa shape index (κ3) is 8.69. The predicted octanol–water partition coefficient (Wildman–Crippen LogP) is 6.58. The van der Waals surface area contributed by atoms with Gasteiger partial charge in [0.2, 0.25) is 5.91 Å². The van der Waals surface area contributed by atoms with Gasteiger partial charge in [0.05, 0.1) is 12.1 Å². The van der Waals surface area contributed by atoms with Crippen molar-refractivity contribution < 1.29 is 19.4 Å². The molecule has 0 bridgehead atoms. The van der Waals surface area contributed by atoms with E-state index >= 15 is 0 Å². The number of rotatable bonds is 12. The second kappa shape index (κ2) is 15.7. The van der Waals surface area contributed by atoms with Gasteiger partial charge in [-0.3, -0.25) is 4.79 Å². The first-order valence-electron chi connectivity index (χ1n) is 15.1. The third-order valence-corrected chi connectivity index (χ3v) is 7.50. The van der Waals surface area contributed by atoms with Gasteiger partial charge in [-0.15, -0.1) is 0 Å². The Kier molecular flexibility index (Phi) is 11.0. The van der Waals surface area contributed by atoms with E-state index in [1.54, 1.807) is 17.1 Å². The molecule has 0 spiro atoms. The maximum atomic E-state index is 13.5. The Morgan fingerprint density at radius 2 is 1.50 bits per heavy atom. The van der Waals surface area contributed by atoms with Crippen molar-refractivity contribution in [3.63, 3.8) is 0 Å². The second-order valence-corrected chi connectivity index (χ2v) is 10.7. The molecule has 1 heterocycles. The number of carbonyl (C=O) groups is 2. The lowest BCUT2D eigenvalue weighted by molar-refractivity contribution is -0.116. The molecular formula is C36H39N4O4. The van der Waals surface area contributed by atoms with E-state index in [1.807, 2.05) is 96.0 Å². The molecule has 0 unspecified atom stereocenters. The highest BCUT2D eigenvalue weighted by Gasteiger charge is 2.28. The number of nitrogens with zero attached hydrogens (tertiary/aromatic N) is 2. The van der Waals surface area contributed by atoms with Gasteiger partial charge in [-0.1, -0.05) is 72.8 Å². The number of amides is 2. The van der Waals surface area contributed by atoms with E-state index in [0.29, 0.717) is 25.3 Å². The van der Waals surface area contributed by atoms with Crippen LogP contribution in [0.4, 0.5) is 16.2 Å². The van der Waals surface area contributed by atoms with E-state index < -0.39 is 6.09 Å². The molecule has 227 valence electrons. The van der Waals surface area contributed by atoms with E-state index in [4.69, 9.17) is 4.74 Å². The van der Waals surface area contributed by atoms with Crippen LogP contribution in [0, 0.1) is 6.42 Å². The van der Waals surface area contributed by atoms with Crippen LogP contribution in [-0.2, 0) is 22.5 Å². The molecule has 2 amide bonds. The Labute approximate surface area is 259 Å². The number of aromatic hydroxyl groups is 1. The zero-order valence-corrected chi connectivity index (χ0v) is 24.8. The number of piperidine rings is 1. The number of hydrazine groups is 1. The number of phenols is 1. The molecule has 3 N–H and O–H groups in total. The summed E-state index contributed by atoms with van der Waals surface area (Å²) in [6, 6.07) is 32.7. The van der Waals surface area contributed by atoms with Gasteiger partial charge in [-0.05, 0) is 79.3 Å². The fraction of sp³-hybridized carbons (Fsp3) is 0.250. The van der Waals surface area contributed by atoms with Crippen LogP contribution in [-0.4, -0.2) is 48.4 Å². The molecule has 1 aliphatic heterocycles.